The van der Waals surface area contributed by atoms with E-state index in [0.29, 0.717) is 22.9 Å². The van der Waals surface area contributed by atoms with Gasteiger partial charge in [0.2, 0.25) is 0 Å². The molecule has 0 saturated heterocycles. The van der Waals surface area contributed by atoms with Crippen molar-refractivity contribution in [3.63, 3.8) is 0 Å². The molecule has 1 aromatic carbocycles. The highest BCUT2D eigenvalue weighted by Crippen LogP contribution is 2.28. The number of benzene rings is 1. The molecule has 3 nitrogen and oxygen atoms in total. The van der Waals surface area contributed by atoms with Gasteiger partial charge in [0.15, 0.2) is 0 Å². The fraction of sp³-hybridized carbons (Fsp3) is 0.294. The first-order valence-corrected chi connectivity index (χ1v) is 6.67. The molecule has 0 unspecified atom stereocenters. The lowest BCUT2D eigenvalue weighted by atomic mass is 10.0. The van der Waals surface area contributed by atoms with Crippen molar-refractivity contribution in [3.8, 4) is 17.6 Å². The molecule has 1 aromatic heterocycles. The van der Waals surface area contributed by atoms with Crippen molar-refractivity contribution >= 4 is 0 Å². The molecule has 0 aliphatic carbocycles. The summed E-state index contributed by atoms with van der Waals surface area (Å²) in [5, 5.41) is 9.22. The van der Waals surface area contributed by atoms with Crippen LogP contribution in [0.4, 0.5) is 0 Å². The molecule has 0 spiro atoms. The van der Waals surface area contributed by atoms with Crippen molar-refractivity contribution in [2.75, 3.05) is 0 Å². The van der Waals surface area contributed by atoms with Crippen molar-refractivity contribution in [2.24, 2.45) is 0 Å². The maximum Gasteiger partial charge on any atom is 0.148 e. The Labute approximate surface area is 119 Å². The second-order valence-electron chi connectivity index (χ2n) is 5.16. The van der Waals surface area contributed by atoms with Crippen LogP contribution in [0.1, 0.15) is 42.3 Å². The molecule has 2 aromatic rings. The first-order chi connectivity index (χ1) is 9.51. The van der Waals surface area contributed by atoms with Gasteiger partial charge in [-0.2, -0.15) is 5.26 Å². The molecule has 0 bridgehead atoms. The van der Waals surface area contributed by atoms with E-state index in [0.717, 1.165) is 11.4 Å². The Balaban J connectivity index is 2.33. The van der Waals surface area contributed by atoms with Crippen LogP contribution in [-0.4, -0.2) is 4.98 Å². The Hall–Kier alpha value is -2.34. The molecule has 0 aliphatic heterocycles. The summed E-state index contributed by atoms with van der Waals surface area (Å²) in [5.41, 5.74) is 3.29. The zero-order valence-electron chi connectivity index (χ0n) is 12.3. The number of nitrogens with zero attached hydrogens (tertiary/aromatic N) is 2. The third kappa shape index (κ3) is 2.97. The van der Waals surface area contributed by atoms with Crippen molar-refractivity contribution in [1.82, 2.24) is 4.98 Å². The highest BCUT2D eigenvalue weighted by atomic mass is 16.5. The number of aryl methyl sites for hydroxylation is 2. The van der Waals surface area contributed by atoms with Gasteiger partial charge in [-0.1, -0.05) is 26.0 Å². The van der Waals surface area contributed by atoms with E-state index in [9.17, 15) is 5.26 Å². The number of aromatic nitrogens is 1. The largest absolute Gasteiger partial charge is 0.456 e. The SMILES string of the molecule is Cc1cc(Oc2ccc(C(C)C)cc2)c(C#N)c(C)n1. The zero-order chi connectivity index (χ0) is 14.7. The van der Waals surface area contributed by atoms with Crippen LogP contribution in [0.3, 0.4) is 0 Å². The fourth-order valence-electron chi connectivity index (χ4n) is 2.06. The van der Waals surface area contributed by atoms with Crippen LogP contribution in [0.25, 0.3) is 0 Å². The van der Waals surface area contributed by atoms with Gasteiger partial charge in [-0.3, -0.25) is 4.98 Å². The third-order valence-corrected chi connectivity index (χ3v) is 3.18. The summed E-state index contributed by atoms with van der Waals surface area (Å²) >= 11 is 0. The standard InChI is InChI=1S/C17H18N2O/c1-11(2)14-5-7-15(8-6-14)20-17-9-12(3)19-13(4)16(17)10-18/h5-9,11H,1-4H3. The van der Waals surface area contributed by atoms with Crippen LogP contribution in [0.2, 0.25) is 0 Å². The molecule has 102 valence electrons. The molecular formula is C17H18N2O. The highest BCUT2D eigenvalue weighted by Gasteiger charge is 2.10. The monoisotopic (exact) mass is 266 g/mol. The summed E-state index contributed by atoms with van der Waals surface area (Å²) in [6.07, 6.45) is 0. The number of rotatable bonds is 3. The average molecular weight is 266 g/mol. The van der Waals surface area contributed by atoms with Crippen LogP contribution in [-0.2, 0) is 0 Å². The minimum Gasteiger partial charge on any atom is -0.456 e. The molecule has 0 saturated carbocycles. The first kappa shape index (κ1) is 14.1. The number of ether oxygens (including phenoxy) is 1. The van der Waals surface area contributed by atoms with E-state index in [1.807, 2.05) is 38.1 Å². The van der Waals surface area contributed by atoms with Gasteiger partial charge in [0.1, 0.15) is 23.1 Å². The topological polar surface area (TPSA) is 45.9 Å². The van der Waals surface area contributed by atoms with Gasteiger partial charge in [0.25, 0.3) is 0 Å². The van der Waals surface area contributed by atoms with Gasteiger partial charge < -0.3 is 4.74 Å². The van der Waals surface area contributed by atoms with E-state index in [1.165, 1.54) is 5.56 Å². The molecule has 0 aliphatic rings. The molecule has 0 radical (unpaired) electrons. The fourth-order valence-corrected chi connectivity index (χ4v) is 2.06. The second kappa shape index (κ2) is 5.75. The van der Waals surface area contributed by atoms with Crippen LogP contribution in [0, 0.1) is 25.2 Å². The molecule has 0 N–H and O–H groups in total. The van der Waals surface area contributed by atoms with Crippen molar-refractivity contribution in [2.45, 2.75) is 33.6 Å². The van der Waals surface area contributed by atoms with E-state index < -0.39 is 0 Å². The van der Waals surface area contributed by atoms with Gasteiger partial charge in [0, 0.05) is 11.8 Å². The average Bonchev–Trinajstić information content (AvgIpc) is 2.39. The van der Waals surface area contributed by atoms with E-state index in [2.05, 4.69) is 24.9 Å². The van der Waals surface area contributed by atoms with Gasteiger partial charge in [0.05, 0.1) is 5.69 Å². The maximum absolute atomic E-state index is 9.22. The summed E-state index contributed by atoms with van der Waals surface area (Å²) in [5.74, 6) is 1.79. The lowest BCUT2D eigenvalue weighted by Gasteiger charge is -2.11. The normalized spacial score (nSPS) is 10.4. The van der Waals surface area contributed by atoms with Gasteiger partial charge in [-0.25, -0.2) is 0 Å². The van der Waals surface area contributed by atoms with E-state index >= 15 is 0 Å². The molecular weight excluding hydrogens is 248 g/mol. The van der Waals surface area contributed by atoms with Gasteiger partial charge in [-0.05, 0) is 37.5 Å². The van der Waals surface area contributed by atoms with Crippen molar-refractivity contribution in [1.29, 1.82) is 5.26 Å². The summed E-state index contributed by atoms with van der Waals surface area (Å²) < 4.78 is 5.83. The number of hydrogen-bond donors (Lipinski definition) is 0. The van der Waals surface area contributed by atoms with Crippen molar-refractivity contribution < 1.29 is 4.74 Å². The maximum atomic E-state index is 9.22. The predicted molar refractivity (Wildman–Crippen MR) is 79.0 cm³/mol. The Morgan fingerprint density at radius 3 is 2.35 bits per heavy atom. The van der Waals surface area contributed by atoms with E-state index in [1.54, 1.807) is 6.07 Å². The molecule has 20 heavy (non-hydrogen) atoms. The minimum absolute atomic E-state index is 0.489. The van der Waals surface area contributed by atoms with E-state index in [4.69, 9.17) is 4.74 Å². The molecule has 0 amide bonds. The molecule has 3 heteroatoms. The molecule has 0 atom stereocenters. The summed E-state index contributed by atoms with van der Waals surface area (Å²) in [6, 6.07) is 11.9. The summed E-state index contributed by atoms with van der Waals surface area (Å²) in [6.45, 7) is 8.02. The Morgan fingerprint density at radius 2 is 1.80 bits per heavy atom. The van der Waals surface area contributed by atoms with Gasteiger partial charge >= 0.3 is 0 Å². The second-order valence-corrected chi connectivity index (χ2v) is 5.16. The molecule has 1 heterocycles. The molecule has 2 rings (SSSR count). The summed E-state index contributed by atoms with van der Waals surface area (Å²) in [7, 11) is 0. The Morgan fingerprint density at radius 1 is 1.15 bits per heavy atom. The van der Waals surface area contributed by atoms with Crippen LogP contribution in [0.15, 0.2) is 30.3 Å². The lowest BCUT2D eigenvalue weighted by molar-refractivity contribution is 0.478. The predicted octanol–water partition coefficient (Wildman–Crippen LogP) is 4.49. The lowest BCUT2D eigenvalue weighted by Crippen LogP contribution is -1.96. The zero-order valence-corrected chi connectivity index (χ0v) is 12.3. The third-order valence-electron chi connectivity index (χ3n) is 3.18. The molecule has 0 fully saturated rings. The van der Waals surface area contributed by atoms with E-state index in [-0.39, 0.29) is 0 Å². The van der Waals surface area contributed by atoms with Crippen LogP contribution < -0.4 is 4.74 Å². The van der Waals surface area contributed by atoms with Gasteiger partial charge in [-0.15, -0.1) is 0 Å². The summed E-state index contributed by atoms with van der Waals surface area (Å²) in [4.78, 5) is 4.28. The Bertz CT molecular complexity index is 652. The quantitative estimate of drug-likeness (QED) is 0.822. The first-order valence-electron chi connectivity index (χ1n) is 6.67. The number of hydrogen-bond acceptors (Lipinski definition) is 3. The number of pyridine rings is 1. The van der Waals surface area contributed by atoms with Crippen LogP contribution in [0.5, 0.6) is 11.5 Å². The van der Waals surface area contributed by atoms with Crippen molar-refractivity contribution in [3.05, 3.63) is 52.8 Å². The number of nitriles is 1. The highest BCUT2D eigenvalue weighted by molar-refractivity contribution is 5.48. The Kier molecular flexibility index (Phi) is 4.05. The van der Waals surface area contributed by atoms with Crippen LogP contribution >= 0.6 is 0 Å². The smallest absolute Gasteiger partial charge is 0.148 e. The minimum atomic E-state index is 0.489.